The molecule has 88 valence electrons. The Morgan fingerprint density at radius 1 is 1.44 bits per heavy atom. The highest BCUT2D eigenvalue weighted by Crippen LogP contribution is 2.37. The molecule has 0 spiro atoms. The van der Waals surface area contributed by atoms with Crippen molar-refractivity contribution in [1.82, 2.24) is 0 Å². The molecule has 0 aliphatic heterocycles. The maximum absolute atomic E-state index is 13.6. The maximum atomic E-state index is 13.6. The van der Waals surface area contributed by atoms with Crippen molar-refractivity contribution in [3.8, 4) is 5.75 Å². The zero-order chi connectivity index (χ0) is 11.6. The lowest BCUT2D eigenvalue weighted by molar-refractivity contribution is 0.410. The molecule has 1 aliphatic carbocycles. The number of nitrogens with two attached hydrogens (primary N) is 1. The summed E-state index contributed by atoms with van der Waals surface area (Å²) >= 11 is 0. The zero-order valence-electron chi connectivity index (χ0n) is 9.63. The van der Waals surface area contributed by atoms with Gasteiger partial charge in [0.25, 0.3) is 0 Å². The van der Waals surface area contributed by atoms with Gasteiger partial charge in [0.2, 0.25) is 0 Å². The van der Waals surface area contributed by atoms with E-state index in [-0.39, 0.29) is 11.4 Å². The van der Waals surface area contributed by atoms with Gasteiger partial charge < -0.3 is 10.5 Å². The van der Waals surface area contributed by atoms with Gasteiger partial charge in [0, 0.05) is 11.6 Å². The van der Waals surface area contributed by atoms with Gasteiger partial charge in [-0.15, -0.1) is 0 Å². The summed E-state index contributed by atoms with van der Waals surface area (Å²) in [5, 5.41) is 0. The molecule has 2 N–H and O–H groups in total. The van der Waals surface area contributed by atoms with E-state index >= 15 is 0 Å². The minimum absolute atomic E-state index is 0.0724. The molecule has 1 aliphatic rings. The van der Waals surface area contributed by atoms with Crippen LogP contribution in [-0.4, -0.2) is 12.6 Å². The third-order valence-electron chi connectivity index (χ3n) is 3.27. The van der Waals surface area contributed by atoms with Crippen LogP contribution >= 0.6 is 0 Å². The van der Waals surface area contributed by atoms with Gasteiger partial charge in [0.15, 0.2) is 0 Å². The van der Waals surface area contributed by atoms with E-state index in [9.17, 15) is 4.39 Å². The van der Waals surface area contributed by atoms with E-state index < -0.39 is 0 Å². The summed E-state index contributed by atoms with van der Waals surface area (Å²) in [6.07, 6.45) is 4.96. The highest BCUT2D eigenvalue weighted by atomic mass is 19.1. The molecule has 0 atom stereocenters. The van der Waals surface area contributed by atoms with Crippen LogP contribution in [0.4, 0.5) is 4.39 Å². The van der Waals surface area contributed by atoms with Crippen molar-refractivity contribution in [3.05, 3.63) is 29.6 Å². The second-order valence-corrected chi connectivity index (χ2v) is 4.67. The van der Waals surface area contributed by atoms with E-state index in [2.05, 4.69) is 0 Å². The van der Waals surface area contributed by atoms with Crippen molar-refractivity contribution in [1.29, 1.82) is 0 Å². The molecule has 2 rings (SSSR count). The first-order valence-electron chi connectivity index (χ1n) is 5.74. The Hall–Kier alpha value is -1.09. The third-order valence-corrected chi connectivity index (χ3v) is 3.27. The number of rotatable bonds is 5. The Morgan fingerprint density at radius 2 is 2.19 bits per heavy atom. The molecule has 0 amide bonds. The summed E-state index contributed by atoms with van der Waals surface area (Å²) in [5.41, 5.74) is 6.81. The quantitative estimate of drug-likeness (QED) is 0.832. The van der Waals surface area contributed by atoms with Crippen LogP contribution in [0.3, 0.4) is 0 Å². The Labute approximate surface area is 95.6 Å². The van der Waals surface area contributed by atoms with E-state index in [1.807, 2.05) is 0 Å². The highest BCUT2D eigenvalue weighted by Gasteiger charge is 2.36. The first-order chi connectivity index (χ1) is 7.63. The molecule has 16 heavy (non-hydrogen) atoms. The molecule has 1 saturated carbocycles. The zero-order valence-corrected chi connectivity index (χ0v) is 9.63. The molecule has 0 heterocycles. The summed E-state index contributed by atoms with van der Waals surface area (Å²) in [4.78, 5) is 0. The lowest BCUT2D eigenvalue weighted by atomic mass is 10.0. The first-order valence-corrected chi connectivity index (χ1v) is 5.74. The fourth-order valence-electron chi connectivity index (χ4n) is 1.90. The van der Waals surface area contributed by atoms with Crippen LogP contribution in [0.5, 0.6) is 5.75 Å². The standard InChI is InChI=1S/C13H18FNO/c1-16-11-5-4-10(12(14)9-11)3-2-6-13(15)7-8-13/h4-5,9H,2-3,6-8,15H2,1H3. The summed E-state index contributed by atoms with van der Waals surface area (Å²) in [6.45, 7) is 0. The minimum Gasteiger partial charge on any atom is -0.497 e. The van der Waals surface area contributed by atoms with E-state index in [0.29, 0.717) is 5.75 Å². The van der Waals surface area contributed by atoms with Crippen LogP contribution < -0.4 is 10.5 Å². The fourth-order valence-corrected chi connectivity index (χ4v) is 1.90. The second kappa shape index (κ2) is 4.42. The molecular formula is C13H18FNO. The lowest BCUT2D eigenvalue weighted by Gasteiger charge is -2.09. The van der Waals surface area contributed by atoms with E-state index in [1.165, 1.54) is 6.07 Å². The average Bonchev–Trinajstić information content (AvgIpc) is 2.99. The molecule has 1 aromatic rings. The summed E-state index contributed by atoms with van der Waals surface area (Å²) in [6, 6.07) is 5.03. The van der Waals surface area contributed by atoms with Crippen molar-refractivity contribution in [2.24, 2.45) is 5.73 Å². The van der Waals surface area contributed by atoms with Gasteiger partial charge in [-0.3, -0.25) is 0 Å². The predicted molar refractivity (Wildman–Crippen MR) is 62.0 cm³/mol. The molecule has 0 bridgehead atoms. The molecule has 0 unspecified atom stereocenters. The van der Waals surface area contributed by atoms with Gasteiger partial charge in [0.05, 0.1) is 7.11 Å². The molecule has 0 saturated heterocycles. The molecule has 3 heteroatoms. The number of benzene rings is 1. The van der Waals surface area contributed by atoms with Crippen molar-refractivity contribution in [2.75, 3.05) is 7.11 Å². The van der Waals surface area contributed by atoms with Gasteiger partial charge in [-0.25, -0.2) is 4.39 Å². The third kappa shape index (κ3) is 2.73. The van der Waals surface area contributed by atoms with Crippen LogP contribution in [0.2, 0.25) is 0 Å². The summed E-state index contributed by atoms with van der Waals surface area (Å²) in [7, 11) is 1.54. The van der Waals surface area contributed by atoms with Crippen LogP contribution in [0, 0.1) is 5.82 Å². The predicted octanol–water partition coefficient (Wildman–Crippen LogP) is 2.65. The van der Waals surface area contributed by atoms with Gasteiger partial charge >= 0.3 is 0 Å². The number of hydrogen-bond donors (Lipinski definition) is 1. The highest BCUT2D eigenvalue weighted by molar-refractivity contribution is 5.29. The lowest BCUT2D eigenvalue weighted by Crippen LogP contribution is -2.21. The first kappa shape index (κ1) is 11.4. The fraction of sp³-hybridized carbons (Fsp3) is 0.538. The van der Waals surface area contributed by atoms with Crippen LogP contribution in [0.15, 0.2) is 18.2 Å². The molecule has 1 aromatic carbocycles. The van der Waals surface area contributed by atoms with E-state index in [4.69, 9.17) is 10.5 Å². The normalized spacial score (nSPS) is 17.2. The van der Waals surface area contributed by atoms with Crippen LogP contribution in [0.1, 0.15) is 31.2 Å². The van der Waals surface area contributed by atoms with Crippen molar-refractivity contribution in [2.45, 2.75) is 37.6 Å². The second-order valence-electron chi connectivity index (χ2n) is 4.67. The van der Waals surface area contributed by atoms with Gasteiger partial charge in [0.1, 0.15) is 11.6 Å². The number of aryl methyl sites for hydroxylation is 1. The topological polar surface area (TPSA) is 35.2 Å². The Bertz CT molecular complexity index is 374. The smallest absolute Gasteiger partial charge is 0.130 e. The van der Waals surface area contributed by atoms with Gasteiger partial charge in [-0.2, -0.15) is 0 Å². The van der Waals surface area contributed by atoms with E-state index in [0.717, 1.165) is 37.7 Å². The summed E-state index contributed by atoms with van der Waals surface area (Å²) < 4.78 is 18.5. The molecule has 0 radical (unpaired) electrons. The SMILES string of the molecule is COc1ccc(CCCC2(N)CC2)c(F)c1. The minimum atomic E-state index is -0.179. The Kier molecular flexibility index (Phi) is 3.15. The summed E-state index contributed by atoms with van der Waals surface area (Å²) in [5.74, 6) is 0.389. The largest absolute Gasteiger partial charge is 0.497 e. The van der Waals surface area contributed by atoms with Gasteiger partial charge in [-0.1, -0.05) is 6.07 Å². The Balaban J connectivity index is 1.88. The van der Waals surface area contributed by atoms with E-state index in [1.54, 1.807) is 19.2 Å². The molecule has 1 fully saturated rings. The number of halogens is 1. The van der Waals surface area contributed by atoms with Gasteiger partial charge in [-0.05, 0) is 43.7 Å². The average molecular weight is 223 g/mol. The number of methoxy groups -OCH3 is 1. The van der Waals surface area contributed by atoms with Crippen molar-refractivity contribution >= 4 is 0 Å². The van der Waals surface area contributed by atoms with Crippen molar-refractivity contribution < 1.29 is 9.13 Å². The molecular weight excluding hydrogens is 205 g/mol. The number of hydrogen-bond acceptors (Lipinski definition) is 2. The van der Waals surface area contributed by atoms with Crippen LogP contribution in [-0.2, 0) is 6.42 Å². The number of ether oxygens (including phenoxy) is 1. The molecule has 2 nitrogen and oxygen atoms in total. The van der Waals surface area contributed by atoms with Crippen molar-refractivity contribution in [3.63, 3.8) is 0 Å². The monoisotopic (exact) mass is 223 g/mol. The van der Waals surface area contributed by atoms with Crippen LogP contribution in [0.25, 0.3) is 0 Å². The Morgan fingerprint density at radius 3 is 2.75 bits per heavy atom. The maximum Gasteiger partial charge on any atom is 0.130 e. The molecule has 0 aromatic heterocycles.